The van der Waals surface area contributed by atoms with Crippen LogP contribution in [0.15, 0.2) is 47.6 Å². The molecule has 1 aromatic carbocycles. The molecule has 1 aliphatic carbocycles. The van der Waals surface area contributed by atoms with Crippen molar-refractivity contribution in [3.8, 4) is 11.6 Å². The lowest BCUT2D eigenvalue weighted by Gasteiger charge is -2.41. The van der Waals surface area contributed by atoms with Gasteiger partial charge in [0, 0.05) is 24.2 Å². The van der Waals surface area contributed by atoms with Gasteiger partial charge in [0.05, 0.1) is 11.9 Å². The van der Waals surface area contributed by atoms with Crippen LogP contribution in [0, 0.1) is 11.3 Å². The number of benzene rings is 1. The van der Waals surface area contributed by atoms with E-state index >= 15 is 0 Å². The summed E-state index contributed by atoms with van der Waals surface area (Å²) >= 11 is 0. The molecule has 2 heterocycles. The molecular formula is C28H41N5O. The number of hydrogen-bond donors (Lipinski definition) is 2. The van der Waals surface area contributed by atoms with Gasteiger partial charge in [-0.1, -0.05) is 58.2 Å². The molecule has 1 saturated carbocycles. The van der Waals surface area contributed by atoms with Gasteiger partial charge in [-0.15, -0.1) is 0 Å². The second-order valence-corrected chi connectivity index (χ2v) is 11.0. The minimum absolute atomic E-state index is 0.358. The number of nitrogens with two attached hydrogens (primary N) is 1. The van der Waals surface area contributed by atoms with Gasteiger partial charge >= 0.3 is 0 Å². The summed E-state index contributed by atoms with van der Waals surface area (Å²) in [6.07, 6.45) is 10.6. The zero-order valence-corrected chi connectivity index (χ0v) is 21.1. The van der Waals surface area contributed by atoms with Crippen LogP contribution < -0.4 is 15.8 Å². The predicted molar refractivity (Wildman–Crippen MR) is 140 cm³/mol. The minimum Gasteiger partial charge on any atom is -0.439 e. The van der Waals surface area contributed by atoms with Crippen molar-refractivity contribution in [1.29, 1.82) is 0 Å². The normalized spacial score (nSPS) is 17.7. The van der Waals surface area contributed by atoms with Gasteiger partial charge in [-0.2, -0.15) is 0 Å². The van der Waals surface area contributed by atoms with Gasteiger partial charge in [0.15, 0.2) is 5.96 Å². The Balaban J connectivity index is 1.46. The van der Waals surface area contributed by atoms with E-state index in [1.54, 1.807) is 6.20 Å². The molecule has 6 nitrogen and oxygen atoms in total. The van der Waals surface area contributed by atoms with Crippen LogP contribution in [0.1, 0.15) is 71.3 Å². The Morgan fingerprint density at radius 3 is 2.62 bits per heavy atom. The molecule has 0 spiro atoms. The number of hydrogen-bond acceptors (Lipinski definition) is 6. The molecule has 0 unspecified atom stereocenters. The Hall–Kier alpha value is -2.60. The van der Waals surface area contributed by atoms with Crippen LogP contribution in [0.25, 0.3) is 0 Å². The van der Waals surface area contributed by atoms with E-state index < -0.39 is 0 Å². The third kappa shape index (κ3) is 6.72. The molecule has 1 aromatic heterocycles. The number of fused-ring (bicyclic) bond motifs is 1. The van der Waals surface area contributed by atoms with Gasteiger partial charge in [0.25, 0.3) is 0 Å². The molecule has 2 aliphatic rings. The van der Waals surface area contributed by atoms with E-state index in [0.717, 1.165) is 43.1 Å². The molecule has 0 amide bonds. The molecule has 184 valence electrons. The first-order valence-electron chi connectivity index (χ1n) is 12.9. The van der Waals surface area contributed by atoms with Crippen molar-refractivity contribution in [2.75, 3.05) is 13.1 Å². The molecular weight excluding hydrogens is 422 g/mol. The quantitative estimate of drug-likeness (QED) is 0.446. The predicted octanol–water partition coefficient (Wildman–Crippen LogP) is 6.00. The first-order chi connectivity index (χ1) is 16.4. The van der Waals surface area contributed by atoms with Crippen LogP contribution in [-0.2, 0) is 6.54 Å². The highest BCUT2D eigenvalue weighted by molar-refractivity contribution is 5.83. The van der Waals surface area contributed by atoms with Gasteiger partial charge in [-0.05, 0) is 62.2 Å². The summed E-state index contributed by atoms with van der Waals surface area (Å²) in [7, 11) is 0. The number of rotatable bonds is 9. The monoisotopic (exact) mass is 463 g/mol. The smallest absolute Gasteiger partial charge is 0.219 e. The number of ether oxygens (including phenoxy) is 1. The number of guanidine groups is 1. The van der Waals surface area contributed by atoms with E-state index in [1.807, 2.05) is 36.4 Å². The summed E-state index contributed by atoms with van der Waals surface area (Å²) < 4.78 is 5.98. The van der Waals surface area contributed by atoms with E-state index in [9.17, 15) is 0 Å². The van der Waals surface area contributed by atoms with Crippen molar-refractivity contribution < 1.29 is 4.74 Å². The van der Waals surface area contributed by atoms with E-state index in [1.165, 1.54) is 38.5 Å². The third-order valence-corrected chi connectivity index (χ3v) is 7.04. The molecule has 1 aliphatic heterocycles. The second-order valence-electron chi connectivity index (χ2n) is 11.0. The average molecular weight is 464 g/mol. The van der Waals surface area contributed by atoms with Crippen molar-refractivity contribution >= 4 is 11.6 Å². The molecule has 6 heteroatoms. The maximum Gasteiger partial charge on any atom is 0.219 e. The first kappa shape index (κ1) is 24.5. The molecule has 34 heavy (non-hydrogen) atoms. The van der Waals surface area contributed by atoms with Crippen molar-refractivity contribution in [2.45, 2.75) is 78.3 Å². The highest BCUT2D eigenvalue weighted by atomic mass is 16.5. The van der Waals surface area contributed by atoms with Gasteiger partial charge in [0.1, 0.15) is 5.75 Å². The Morgan fingerprint density at radius 2 is 1.88 bits per heavy atom. The second kappa shape index (κ2) is 11.2. The highest BCUT2D eigenvalue weighted by Gasteiger charge is 2.32. The van der Waals surface area contributed by atoms with Crippen molar-refractivity contribution in [3.63, 3.8) is 0 Å². The summed E-state index contributed by atoms with van der Waals surface area (Å²) in [6.45, 7) is 9.71. The van der Waals surface area contributed by atoms with Crippen molar-refractivity contribution in [2.24, 2.45) is 22.1 Å². The third-order valence-electron chi connectivity index (χ3n) is 7.04. The molecule has 1 atom stereocenters. The SMILES string of the molecule is CC(C)(C)CCNCC[C@@H](C1CCCCC1)N1Cc2cc(Oc3ccccc3)ncc2N=C1N. The molecule has 0 saturated heterocycles. The highest BCUT2D eigenvalue weighted by Crippen LogP contribution is 2.35. The first-order valence-corrected chi connectivity index (χ1v) is 12.9. The van der Waals surface area contributed by atoms with Crippen LogP contribution in [-0.4, -0.2) is 35.0 Å². The lowest BCUT2D eigenvalue weighted by atomic mass is 9.81. The van der Waals surface area contributed by atoms with Crippen LogP contribution >= 0.6 is 0 Å². The standard InChI is InChI=1S/C28H41N5O/c1-28(2,3)15-17-30-16-14-25(21-10-6-4-7-11-21)33-20-22-18-26(31-19-24(22)32-27(33)29)34-23-12-8-5-9-13-23/h5,8-9,12-13,18-19,21,25,30H,4,6-7,10-11,14-17,20H2,1-3H3,(H2,29,32)/t25-/m0/s1. The van der Waals surface area contributed by atoms with Gasteiger partial charge < -0.3 is 20.7 Å². The Labute approximate surface area is 205 Å². The number of aromatic nitrogens is 1. The minimum atomic E-state index is 0.358. The van der Waals surface area contributed by atoms with E-state index in [0.29, 0.717) is 29.2 Å². The number of pyridine rings is 1. The molecule has 0 bridgehead atoms. The fraction of sp³-hybridized carbons (Fsp3) is 0.571. The fourth-order valence-corrected chi connectivity index (χ4v) is 5.10. The number of nitrogens with one attached hydrogen (secondary N) is 1. The topological polar surface area (TPSA) is 75.8 Å². The molecule has 3 N–H and O–H groups in total. The van der Waals surface area contributed by atoms with E-state index in [2.05, 4.69) is 36.0 Å². The number of para-hydroxylation sites is 1. The molecule has 4 rings (SSSR count). The Bertz CT molecular complexity index is 947. The fourth-order valence-electron chi connectivity index (χ4n) is 5.10. The summed E-state index contributed by atoms with van der Waals surface area (Å²) in [5.41, 5.74) is 8.87. The maximum absolute atomic E-state index is 6.55. The van der Waals surface area contributed by atoms with Crippen molar-refractivity contribution in [3.05, 3.63) is 48.2 Å². The van der Waals surface area contributed by atoms with Crippen LogP contribution in [0.4, 0.5) is 5.69 Å². The number of nitrogens with zero attached hydrogens (tertiary/aromatic N) is 3. The number of aliphatic imine (C=N–C) groups is 1. The van der Waals surface area contributed by atoms with E-state index in [4.69, 9.17) is 15.5 Å². The Morgan fingerprint density at radius 1 is 1.12 bits per heavy atom. The van der Waals surface area contributed by atoms with Crippen LogP contribution in [0.5, 0.6) is 11.6 Å². The van der Waals surface area contributed by atoms with Crippen LogP contribution in [0.2, 0.25) is 0 Å². The lowest BCUT2D eigenvalue weighted by Crippen LogP contribution is -2.50. The van der Waals surface area contributed by atoms with Gasteiger partial charge in [-0.25, -0.2) is 9.98 Å². The molecule has 0 radical (unpaired) electrons. The lowest BCUT2D eigenvalue weighted by molar-refractivity contribution is 0.164. The zero-order valence-electron chi connectivity index (χ0n) is 21.1. The maximum atomic E-state index is 6.55. The van der Waals surface area contributed by atoms with Crippen molar-refractivity contribution in [1.82, 2.24) is 15.2 Å². The summed E-state index contributed by atoms with van der Waals surface area (Å²) in [5.74, 6) is 2.66. The summed E-state index contributed by atoms with van der Waals surface area (Å²) in [4.78, 5) is 11.6. The summed E-state index contributed by atoms with van der Waals surface area (Å²) in [5, 5.41) is 3.68. The van der Waals surface area contributed by atoms with Crippen LogP contribution in [0.3, 0.4) is 0 Å². The Kier molecular flexibility index (Phi) is 8.09. The van der Waals surface area contributed by atoms with Gasteiger partial charge in [-0.3, -0.25) is 0 Å². The largest absolute Gasteiger partial charge is 0.439 e. The zero-order chi connectivity index (χ0) is 24.0. The summed E-state index contributed by atoms with van der Waals surface area (Å²) in [6, 6.07) is 12.2. The van der Waals surface area contributed by atoms with Gasteiger partial charge in [0.2, 0.25) is 5.88 Å². The van der Waals surface area contributed by atoms with E-state index in [-0.39, 0.29) is 0 Å². The molecule has 2 aromatic rings. The molecule has 1 fully saturated rings. The average Bonchev–Trinajstić information content (AvgIpc) is 2.82.